The summed E-state index contributed by atoms with van der Waals surface area (Å²) in [4.78, 5) is 2.35. The molecule has 1 saturated heterocycles. The summed E-state index contributed by atoms with van der Waals surface area (Å²) >= 11 is 0. The van der Waals surface area contributed by atoms with Crippen molar-refractivity contribution in [2.24, 2.45) is 10.8 Å². The minimum atomic E-state index is 0.0832. The molecule has 110 valence electrons. The normalized spacial score (nSPS) is 27.1. The molecule has 1 unspecified atom stereocenters. The summed E-state index contributed by atoms with van der Waals surface area (Å²) in [6.45, 7) is 24.5. The van der Waals surface area contributed by atoms with Crippen molar-refractivity contribution < 1.29 is 0 Å². The smallest absolute Gasteiger partial charge is 0.102 e. The zero-order chi connectivity index (χ0) is 15.2. The number of nitrogens with one attached hydrogen (secondary N) is 1. The lowest BCUT2D eigenvalue weighted by molar-refractivity contribution is 0.112. The molecule has 1 atom stereocenters. The van der Waals surface area contributed by atoms with Crippen molar-refractivity contribution in [1.82, 2.24) is 10.2 Å². The van der Waals surface area contributed by atoms with Crippen LogP contribution in [0.1, 0.15) is 54.9 Å². The van der Waals surface area contributed by atoms with E-state index in [0.29, 0.717) is 0 Å². The molecule has 19 heavy (non-hydrogen) atoms. The Bertz CT molecular complexity index is 383. The fourth-order valence-corrected chi connectivity index (χ4v) is 2.86. The highest BCUT2D eigenvalue weighted by Crippen LogP contribution is 2.46. The molecule has 0 bridgehead atoms. The van der Waals surface area contributed by atoms with Gasteiger partial charge in [0.2, 0.25) is 0 Å². The van der Waals surface area contributed by atoms with Gasteiger partial charge < -0.3 is 5.32 Å². The standard InChI is InChI=1S/C17H32N2/c1-12-14(19(10)15(3,4)5)18-13(2)17(8,9)11-16(12,6)7/h14,18H,1-2,11H2,3-10H3. The molecular weight excluding hydrogens is 232 g/mol. The molecule has 0 amide bonds. The van der Waals surface area contributed by atoms with Crippen LogP contribution in [0.5, 0.6) is 0 Å². The summed E-state index contributed by atoms with van der Waals surface area (Å²) in [6, 6.07) is 0. The van der Waals surface area contributed by atoms with Crippen molar-refractivity contribution in [1.29, 1.82) is 0 Å². The lowest BCUT2D eigenvalue weighted by atomic mass is 9.71. The maximum Gasteiger partial charge on any atom is 0.102 e. The molecule has 1 aliphatic rings. The summed E-state index contributed by atoms with van der Waals surface area (Å²) in [5, 5.41) is 3.61. The van der Waals surface area contributed by atoms with Crippen molar-refractivity contribution in [3.05, 3.63) is 24.4 Å². The third kappa shape index (κ3) is 3.22. The van der Waals surface area contributed by atoms with E-state index in [-0.39, 0.29) is 22.5 Å². The Kier molecular flexibility index (Phi) is 4.00. The Morgan fingerprint density at radius 3 is 2.00 bits per heavy atom. The van der Waals surface area contributed by atoms with Gasteiger partial charge in [-0.25, -0.2) is 0 Å². The van der Waals surface area contributed by atoms with Crippen LogP contribution in [0.2, 0.25) is 0 Å². The zero-order valence-corrected chi connectivity index (χ0v) is 14.1. The van der Waals surface area contributed by atoms with Gasteiger partial charge in [-0.1, -0.05) is 40.9 Å². The second kappa shape index (κ2) is 4.66. The van der Waals surface area contributed by atoms with Crippen molar-refractivity contribution in [2.45, 2.75) is 66.6 Å². The Hall–Kier alpha value is -0.760. The van der Waals surface area contributed by atoms with Crippen LogP contribution < -0.4 is 5.32 Å². The predicted octanol–water partition coefficient (Wildman–Crippen LogP) is 4.16. The van der Waals surface area contributed by atoms with Crippen LogP contribution in [0.25, 0.3) is 0 Å². The highest BCUT2D eigenvalue weighted by Gasteiger charge is 2.42. The van der Waals surface area contributed by atoms with E-state index >= 15 is 0 Å². The first kappa shape index (κ1) is 16.3. The largest absolute Gasteiger partial charge is 0.369 e. The molecule has 0 spiro atoms. The maximum absolute atomic E-state index is 4.40. The molecule has 0 aromatic rings. The lowest BCUT2D eigenvalue weighted by Gasteiger charge is -2.42. The fourth-order valence-electron chi connectivity index (χ4n) is 2.86. The minimum absolute atomic E-state index is 0.0832. The molecule has 1 fully saturated rings. The van der Waals surface area contributed by atoms with Crippen LogP contribution in [0, 0.1) is 10.8 Å². The molecule has 1 heterocycles. The molecule has 1 rings (SSSR count). The number of hydrogen-bond acceptors (Lipinski definition) is 2. The molecule has 1 N–H and O–H groups in total. The number of hydrogen-bond donors (Lipinski definition) is 1. The Balaban J connectivity index is 3.20. The van der Waals surface area contributed by atoms with Gasteiger partial charge in [-0.3, -0.25) is 4.90 Å². The third-order valence-electron chi connectivity index (χ3n) is 4.66. The molecule has 0 aromatic heterocycles. The highest BCUT2D eigenvalue weighted by molar-refractivity contribution is 5.24. The lowest BCUT2D eigenvalue weighted by Crippen LogP contribution is -2.53. The molecule has 2 nitrogen and oxygen atoms in total. The van der Waals surface area contributed by atoms with E-state index in [1.54, 1.807) is 0 Å². The maximum atomic E-state index is 4.40. The van der Waals surface area contributed by atoms with E-state index in [1.807, 2.05) is 0 Å². The quantitative estimate of drug-likeness (QED) is 0.715. The van der Waals surface area contributed by atoms with Gasteiger partial charge in [0.15, 0.2) is 0 Å². The molecular formula is C17H32N2. The third-order valence-corrected chi connectivity index (χ3v) is 4.66. The van der Waals surface area contributed by atoms with Gasteiger partial charge >= 0.3 is 0 Å². The van der Waals surface area contributed by atoms with Crippen LogP contribution in [-0.2, 0) is 0 Å². The minimum Gasteiger partial charge on any atom is -0.369 e. The number of nitrogens with zero attached hydrogens (tertiary/aromatic N) is 1. The Morgan fingerprint density at radius 1 is 1.11 bits per heavy atom. The molecule has 0 saturated carbocycles. The Morgan fingerprint density at radius 2 is 1.58 bits per heavy atom. The van der Waals surface area contributed by atoms with E-state index in [9.17, 15) is 0 Å². The fraction of sp³-hybridized carbons (Fsp3) is 0.765. The second-order valence-electron chi connectivity index (χ2n) is 8.28. The molecule has 1 aliphatic heterocycles. The summed E-state index contributed by atoms with van der Waals surface area (Å²) in [7, 11) is 2.16. The van der Waals surface area contributed by atoms with Crippen molar-refractivity contribution >= 4 is 0 Å². The first-order valence-electron chi connectivity index (χ1n) is 7.17. The molecule has 2 heteroatoms. The van der Waals surface area contributed by atoms with E-state index in [2.05, 4.69) is 78.9 Å². The van der Waals surface area contributed by atoms with Gasteiger partial charge in [-0.2, -0.15) is 0 Å². The van der Waals surface area contributed by atoms with E-state index < -0.39 is 0 Å². The van der Waals surface area contributed by atoms with E-state index in [1.165, 1.54) is 5.57 Å². The van der Waals surface area contributed by atoms with Gasteiger partial charge in [-0.15, -0.1) is 0 Å². The van der Waals surface area contributed by atoms with E-state index in [0.717, 1.165) is 12.1 Å². The van der Waals surface area contributed by atoms with Crippen LogP contribution in [-0.4, -0.2) is 23.7 Å². The van der Waals surface area contributed by atoms with Gasteiger partial charge in [0.05, 0.1) is 0 Å². The summed E-state index contributed by atoms with van der Waals surface area (Å²) in [5.41, 5.74) is 2.63. The first-order chi connectivity index (χ1) is 8.29. The van der Waals surface area contributed by atoms with Crippen LogP contribution in [0.15, 0.2) is 24.4 Å². The van der Waals surface area contributed by atoms with Gasteiger partial charge in [0.25, 0.3) is 0 Å². The van der Waals surface area contributed by atoms with Crippen molar-refractivity contribution in [2.75, 3.05) is 7.05 Å². The van der Waals surface area contributed by atoms with Gasteiger partial charge in [-0.05, 0) is 45.2 Å². The predicted molar refractivity (Wildman–Crippen MR) is 84.9 cm³/mol. The van der Waals surface area contributed by atoms with Crippen LogP contribution in [0.4, 0.5) is 0 Å². The monoisotopic (exact) mass is 264 g/mol. The number of likely N-dealkylation sites (N-methyl/N-ethyl adjacent to an activating group) is 1. The highest BCUT2D eigenvalue weighted by atomic mass is 15.3. The molecule has 0 aliphatic carbocycles. The molecule has 0 aromatic carbocycles. The van der Waals surface area contributed by atoms with Crippen LogP contribution in [0.3, 0.4) is 0 Å². The topological polar surface area (TPSA) is 15.3 Å². The zero-order valence-electron chi connectivity index (χ0n) is 14.1. The summed E-state index contributed by atoms with van der Waals surface area (Å²) in [5.74, 6) is 0. The van der Waals surface area contributed by atoms with Gasteiger partial charge in [0.1, 0.15) is 6.17 Å². The summed E-state index contributed by atoms with van der Waals surface area (Å²) < 4.78 is 0. The number of allylic oxidation sites excluding steroid dienone is 1. The average Bonchev–Trinajstić information content (AvgIpc) is 2.24. The first-order valence-corrected chi connectivity index (χ1v) is 7.17. The van der Waals surface area contributed by atoms with Crippen LogP contribution >= 0.6 is 0 Å². The SMILES string of the molecule is C=C1NC(N(C)C(C)(C)C)C(=C)C(C)(C)CC1(C)C. The summed E-state index contributed by atoms with van der Waals surface area (Å²) in [6.07, 6.45) is 1.21. The number of rotatable bonds is 1. The van der Waals surface area contributed by atoms with Crippen molar-refractivity contribution in [3.63, 3.8) is 0 Å². The van der Waals surface area contributed by atoms with E-state index in [4.69, 9.17) is 0 Å². The average molecular weight is 264 g/mol. The Labute approximate surface area is 120 Å². The second-order valence-corrected chi connectivity index (χ2v) is 8.28. The van der Waals surface area contributed by atoms with Gasteiger partial charge in [0, 0.05) is 16.7 Å². The molecule has 0 radical (unpaired) electrons. The van der Waals surface area contributed by atoms with Crippen molar-refractivity contribution in [3.8, 4) is 0 Å².